The molecule has 0 aliphatic carbocycles. The van der Waals surface area contributed by atoms with Gasteiger partial charge in [0.2, 0.25) is 0 Å². The summed E-state index contributed by atoms with van der Waals surface area (Å²) in [6.45, 7) is 0. The Kier molecular flexibility index (Phi) is 2.72. The summed E-state index contributed by atoms with van der Waals surface area (Å²) in [5.41, 5.74) is 4.44. The maximum absolute atomic E-state index is 6.39. The fourth-order valence-corrected chi connectivity index (χ4v) is 3.01. The molecule has 4 rings (SSSR count). The zero-order chi connectivity index (χ0) is 14.4. The summed E-state index contributed by atoms with van der Waals surface area (Å²) in [4.78, 5) is 4.74. The quantitative estimate of drug-likeness (QED) is 0.452. The van der Waals surface area contributed by atoms with Crippen LogP contribution in [0.1, 0.15) is 0 Å². The van der Waals surface area contributed by atoms with E-state index in [1.54, 1.807) is 0 Å². The Morgan fingerprint density at radius 1 is 0.952 bits per heavy atom. The van der Waals surface area contributed by atoms with Crippen molar-refractivity contribution in [3.8, 4) is 22.5 Å². The first kappa shape index (κ1) is 12.4. The molecule has 0 saturated heterocycles. The van der Waals surface area contributed by atoms with Gasteiger partial charge in [0.05, 0.1) is 5.52 Å². The molecular weight excluding hydrogens is 280 g/mol. The highest BCUT2D eigenvalue weighted by Crippen LogP contribution is 2.40. The number of aromatic nitrogens is 2. The van der Waals surface area contributed by atoms with Crippen LogP contribution in [0.5, 0.6) is 0 Å². The second-order valence-electron chi connectivity index (χ2n) is 5.13. The zero-order valence-corrected chi connectivity index (χ0v) is 12.3. The van der Waals surface area contributed by atoms with Crippen LogP contribution in [0.25, 0.3) is 33.4 Å². The smallest absolute Gasteiger partial charge is 0.142 e. The van der Waals surface area contributed by atoms with E-state index in [2.05, 4.69) is 18.2 Å². The van der Waals surface area contributed by atoms with Crippen LogP contribution < -0.4 is 0 Å². The molecule has 2 aromatic rings. The van der Waals surface area contributed by atoms with Crippen molar-refractivity contribution in [1.82, 2.24) is 9.55 Å². The number of pyridine rings is 1. The van der Waals surface area contributed by atoms with Gasteiger partial charge in [-0.25, -0.2) is 4.98 Å². The van der Waals surface area contributed by atoms with E-state index in [9.17, 15) is 0 Å². The number of hydrogen-bond acceptors (Lipinski definition) is 1. The first-order chi connectivity index (χ1) is 10.3. The summed E-state index contributed by atoms with van der Waals surface area (Å²) in [6.07, 6.45) is 0. The molecule has 0 amide bonds. The van der Waals surface area contributed by atoms with Gasteiger partial charge in [-0.1, -0.05) is 60.1 Å². The SMILES string of the molecule is Cn1c(Cl)cc(-c2ccccc2)c2c3ccccc3nc1-2. The lowest BCUT2D eigenvalue weighted by molar-refractivity contribution is 0.895. The third kappa shape index (κ3) is 1.83. The molecule has 2 aromatic carbocycles. The minimum absolute atomic E-state index is 0.684. The lowest BCUT2D eigenvalue weighted by atomic mass is 9.98. The summed E-state index contributed by atoms with van der Waals surface area (Å²) in [5.74, 6) is 0.919. The Labute approximate surface area is 128 Å². The van der Waals surface area contributed by atoms with E-state index in [1.165, 1.54) is 5.39 Å². The van der Waals surface area contributed by atoms with Crippen LogP contribution in [-0.4, -0.2) is 9.55 Å². The first-order valence-electron chi connectivity index (χ1n) is 6.85. The fraction of sp³-hybridized carbons (Fsp3) is 0.0556. The van der Waals surface area contributed by atoms with Crippen LogP contribution in [0, 0.1) is 0 Å². The minimum Gasteiger partial charge on any atom is -0.319 e. The minimum atomic E-state index is 0.684. The maximum Gasteiger partial charge on any atom is 0.142 e. The Balaban J connectivity index is 2.18. The van der Waals surface area contributed by atoms with E-state index >= 15 is 0 Å². The number of halogens is 1. The summed E-state index contributed by atoms with van der Waals surface area (Å²) in [6, 6.07) is 20.6. The first-order valence-corrected chi connectivity index (χ1v) is 7.22. The van der Waals surface area contributed by atoms with Crippen LogP contribution in [0.4, 0.5) is 0 Å². The lowest BCUT2D eigenvalue weighted by Crippen LogP contribution is -2.00. The molecule has 0 aromatic heterocycles. The van der Waals surface area contributed by atoms with E-state index in [-0.39, 0.29) is 0 Å². The molecule has 0 saturated carbocycles. The number of nitrogens with zero attached hydrogens (tertiary/aromatic N) is 2. The van der Waals surface area contributed by atoms with Crippen molar-refractivity contribution in [2.24, 2.45) is 7.05 Å². The van der Waals surface area contributed by atoms with Crippen LogP contribution in [0.15, 0.2) is 60.7 Å². The van der Waals surface area contributed by atoms with Gasteiger partial charge in [0, 0.05) is 18.0 Å². The standard InChI is InChI=1S/C18H13ClN2/c1-21-16(19)11-14(12-7-3-2-4-8-12)17-13-9-5-6-10-15(13)20-18(17)21/h2-11H,1H3. The summed E-state index contributed by atoms with van der Waals surface area (Å²) < 4.78 is 1.93. The molecule has 2 aliphatic heterocycles. The molecule has 21 heavy (non-hydrogen) atoms. The van der Waals surface area contributed by atoms with Gasteiger partial charge in [0.15, 0.2) is 0 Å². The van der Waals surface area contributed by atoms with E-state index in [0.717, 1.165) is 28.0 Å². The van der Waals surface area contributed by atoms with Crippen molar-refractivity contribution in [3.05, 3.63) is 65.8 Å². The molecule has 0 bridgehead atoms. The van der Waals surface area contributed by atoms with Gasteiger partial charge in [-0.05, 0) is 23.3 Å². The van der Waals surface area contributed by atoms with Crippen LogP contribution in [0.2, 0.25) is 5.15 Å². The predicted molar refractivity (Wildman–Crippen MR) is 87.8 cm³/mol. The normalized spacial score (nSPS) is 11.3. The van der Waals surface area contributed by atoms with Gasteiger partial charge >= 0.3 is 0 Å². The van der Waals surface area contributed by atoms with Gasteiger partial charge in [-0.3, -0.25) is 0 Å². The summed E-state index contributed by atoms with van der Waals surface area (Å²) in [5, 5.41) is 1.85. The molecule has 2 aliphatic rings. The van der Waals surface area contributed by atoms with Crippen LogP contribution in [0.3, 0.4) is 0 Å². The van der Waals surface area contributed by atoms with Crippen molar-refractivity contribution >= 4 is 22.5 Å². The van der Waals surface area contributed by atoms with Gasteiger partial charge in [-0.15, -0.1) is 0 Å². The lowest BCUT2D eigenvalue weighted by Gasteiger charge is -2.14. The van der Waals surface area contributed by atoms with Crippen molar-refractivity contribution < 1.29 is 0 Å². The number of para-hydroxylation sites is 1. The summed E-state index contributed by atoms with van der Waals surface area (Å²) in [7, 11) is 1.95. The van der Waals surface area contributed by atoms with Gasteiger partial charge in [0.1, 0.15) is 11.0 Å². The van der Waals surface area contributed by atoms with E-state index in [4.69, 9.17) is 16.6 Å². The zero-order valence-electron chi connectivity index (χ0n) is 11.5. The van der Waals surface area contributed by atoms with E-state index in [1.807, 2.05) is 54.1 Å². The Morgan fingerprint density at radius 3 is 2.48 bits per heavy atom. The Bertz CT molecular complexity index is 909. The highest BCUT2D eigenvalue weighted by molar-refractivity contribution is 6.30. The molecule has 3 heteroatoms. The van der Waals surface area contributed by atoms with Crippen LogP contribution in [-0.2, 0) is 7.05 Å². The molecule has 0 unspecified atom stereocenters. The van der Waals surface area contributed by atoms with Gasteiger partial charge < -0.3 is 4.57 Å². The molecular formula is C18H13ClN2. The number of benzene rings is 2. The highest BCUT2D eigenvalue weighted by Gasteiger charge is 2.20. The molecule has 102 valence electrons. The average molecular weight is 293 g/mol. The predicted octanol–water partition coefficient (Wildman–Crippen LogP) is 5.00. The van der Waals surface area contributed by atoms with Crippen molar-refractivity contribution in [3.63, 3.8) is 0 Å². The topological polar surface area (TPSA) is 17.8 Å². The molecule has 0 radical (unpaired) electrons. The fourth-order valence-electron chi connectivity index (χ4n) is 2.82. The monoisotopic (exact) mass is 292 g/mol. The second kappa shape index (κ2) is 4.61. The van der Waals surface area contributed by atoms with E-state index < -0.39 is 0 Å². The van der Waals surface area contributed by atoms with Gasteiger partial charge in [-0.2, -0.15) is 0 Å². The summed E-state index contributed by atoms with van der Waals surface area (Å²) >= 11 is 6.39. The number of hydrogen-bond donors (Lipinski definition) is 0. The molecule has 0 spiro atoms. The van der Waals surface area contributed by atoms with E-state index in [0.29, 0.717) is 5.15 Å². The van der Waals surface area contributed by atoms with Crippen LogP contribution >= 0.6 is 11.6 Å². The van der Waals surface area contributed by atoms with Gasteiger partial charge in [0.25, 0.3) is 0 Å². The number of rotatable bonds is 1. The molecule has 0 N–H and O–H groups in total. The van der Waals surface area contributed by atoms with Crippen molar-refractivity contribution in [2.45, 2.75) is 0 Å². The van der Waals surface area contributed by atoms with Crippen molar-refractivity contribution in [1.29, 1.82) is 0 Å². The number of fused-ring (bicyclic) bond motifs is 3. The Morgan fingerprint density at radius 2 is 1.67 bits per heavy atom. The molecule has 0 atom stereocenters. The maximum atomic E-state index is 6.39. The Hall–Kier alpha value is -2.32. The third-order valence-corrected chi connectivity index (χ3v) is 4.24. The molecule has 2 heterocycles. The largest absolute Gasteiger partial charge is 0.319 e. The van der Waals surface area contributed by atoms with Crippen molar-refractivity contribution in [2.75, 3.05) is 0 Å². The second-order valence-corrected chi connectivity index (χ2v) is 5.52. The average Bonchev–Trinajstić information content (AvgIpc) is 2.91. The molecule has 0 fully saturated rings. The highest BCUT2D eigenvalue weighted by atomic mass is 35.5. The molecule has 2 nitrogen and oxygen atoms in total. The third-order valence-electron chi connectivity index (χ3n) is 3.88.